The van der Waals surface area contributed by atoms with Crippen molar-refractivity contribution in [1.29, 1.82) is 0 Å². The van der Waals surface area contributed by atoms with E-state index in [-0.39, 0.29) is 12.4 Å². The van der Waals surface area contributed by atoms with E-state index in [9.17, 15) is 0 Å². The minimum Gasteiger partial charge on any atom is -0.369 e. The highest BCUT2D eigenvalue weighted by molar-refractivity contribution is 6.35. The van der Waals surface area contributed by atoms with Crippen molar-refractivity contribution >= 4 is 41.0 Å². The predicted molar refractivity (Wildman–Crippen MR) is 81.9 cm³/mol. The van der Waals surface area contributed by atoms with Crippen LogP contribution in [-0.4, -0.2) is 9.55 Å². The van der Waals surface area contributed by atoms with Crippen LogP contribution in [0, 0.1) is 0 Å². The molecule has 0 fully saturated rings. The molecule has 0 aliphatic rings. The minimum absolute atomic E-state index is 0. The quantitative estimate of drug-likeness (QED) is 0.782. The maximum absolute atomic E-state index is 6.23. The van der Waals surface area contributed by atoms with Crippen LogP contribution < -0.4 is 5.73 Å². The van der Waals surface area contributed by atoms with Gasteiger partial charge in [-0.2, -0.15) is 0 Å². The summed E-state index contributed by atoms with van der Waals surface area (Å²) >= 11 is 6.23. The number of nitrogens with zero attached hydrogens (tertiary/aromatic N) is 2. The van der Waals surface area contributed by atoms with Gasteiger partial charge in [0, 0.05) is 0 Å². The third-order valence-electron chi connectivity index (χ3n) is 2.93. The van der Waals surface area contributed by atoms with Gasteiger partial charge in [-0.1, -0.05) is 48.0 Å². The van der Waals surface area contributed by atoms with E-state index >= 15 is 0 Å². The average molecular weight is 294 g/mol. The first-order valence-corrected chi connectivity index (χ1v) is 6.07. The Morgan fingerprint density at radius 3 is 2.53 bits per heavy atom. The van der Waals surface area contributed by atoms with Crippen LogP contribution in [0.2, 0.25) is 5.02 Å². The number of halogens is 2. The van der Waals surface area contributed by atoms with E-state index in [1.165, 1.54) is 5.56 Å². The summed E-state index contributed by atoms with van der Waals surface area (Å²) in [5.41, 5.74) is 8.85. The van der Waals surface area contributed by atoms with Crippen molar-refractivity contribution in [2.24, 2.45) is 0 Å². The zero-order chi connectivity index (χ0) is 12.5. The second kappa shape index (κ2) is 5.51. The van der Waals surface area contributed by atoms with Gasteiger partial charge in [0.05, 0.1) is 22.6 Å². The van der Waals surface area contributed by atoms with Gasteiger partial charge in [0.2, 0.25) is 5.95 Å². The Labute approximate surface area is 122 Å². The molecule has 1 heterocycles. The Balaban J connectivity index is 0.00000133. The summed E-state index contributed by atoms with van der Waals surface area (Å²) in [7, 11) is 0. The van der Waals surface area contributed by atoms with Gasteiger partial charge in [0.15, 0.2) is 0 Å². The van der Waals surface area contributed by atoms with E-state index in [0.29, 0.717) is 17.5 Å². The number of hydrogen-bond donors (Lipinski definition) is 1. The molecule has 0 radical (unpaired) electrons. The van der Waals surface area contributed by atoms with Crippen molar-refractivity contribution in [2.45, 2.75) is 6.54 Å². The fourth-order valence-corrected chi connectivity index (χ4v) is 2.36. The van der Waals surface area contributed by atoms with Crippen LogP contribution in [-0.2, 0) is 6.54 Å². The van der Waals surface area contributed by atoms with E-state index in [4.69, 9.17) is 17.3 Å². The van der Waals surface area contributed by atoms with Crippen molar-refractivity contribution in [3.63, 3.8) is 0 Å². The molecular weight excluding hydrogens is 281 g/mol. The molecule has 0 saturated heterocycles. The smallest absolute Gasteiger partial charge is 0.201 e. The Morgan fingerprint density at radius 2 is 1.79 bits per heavy atom. The topological polar surface area (TPSA) is 43.8 Å². The van der Waals surface area contributed by atoms with Gasteiger partial charge in [-0.05, 0) is 17.7 Å². The molecule has 0 bridgehead atoms. The number of anilines is 1. The summed E-state index contributed by atoms with van der Waals surface area (Å²) in [4.78, 5) is 4.33. The molecule has 2 N–H and O–H groups in total. The van der Waals surface area contributed by atoms with Gasteiger partial charge in [0.25, 0.3) is 0 Å². The number of benzene rings is 2. The number of para-hydroxylation sites is 1. The third-order valence-corrected chi connectivity index (χ3v) is 3.24. The van der Waals surface area contributed by atoms with Gasteiger partial charge in [-0.15, -0.1) is 12.4 Å². The highest BCUT2D eigenvalue weighted by Crippen LogP contribution is 2.26. The van der Waals surface area contributed by atoms with E-state index in [0.717, 1.165) is 11.0 Å². The lowest BCUT2D eigenvalue weighted by Gasteiger charge is -2.07. The second-order valence-corrected chi connectivity index (χ2v) is 4.56. The van der Waals surface area contributed by atoms with E-state index in [1.54, 1.807) is 0 Å². The summed E-state index contributed by atoms with van der Waals surface area (Å²) in [5.74, 6) is 0.488. The first-order chi connectivity index (χ1) is 8.75. The van der Waals surface area contributed by atoms with Crippen molar-refractivity contribution in [2.75, 3.05) is 5.73 Å². The molecule has 0 spiro atoms. The first kappa shape index (κ1) is 13.7. The monoisotopic (exact) mass is 293 g/mol. The largest absolute Gasteiger partial charge is 0.369 e. The first-order valence-electron chi connectivity index (χ1n) is 5.70. The Bertz CT molecular complexity index is 692. The molecule has 0 saturated carbocycles. The normalized spacial score (nSPS) is 10.4. The molecular formula is C14H13Cl2N3. The van der Waals surface area contributed by atoms with Crippen LogP contribution in [0.5, 0.6) is 0 Å². The van der Waals surface area contributed by atoms with Crippen molar-refractivity contribution in [3.05, 3.63) is 59.1 Å². The number of hydrogen-bond acceptors (Lipinski definition) is 2. The standard InChI is InChI=1S/C14H12ClN3.ClH/c15-11-7-4-8-12-13(11)18(14(16)17-12)9-10-5-2-1-3-6-10;/h1-8H,9H2,(H2,16,17);1H. The van der Waals surface area contributed by atoms with E-state index in [2.05, 4.69) is 17.1 Å². The lowest BCUT2D eigenvalue weighted by molar-refractivity contribution is 0.838. The summed E-state index contributed by atoms with van der Waals surface area (Å²) < 4.78 is 1.94. The number of imidazole rings is 1. The molecule has 3 nitrogen and oxygen atoms in total. The van der Waals surface area contributed by atoms with Crippen molar-refractivity contribution < 1.29 is 0 Å². The Hall–Kier alpha value is -1.71. The molecule has 5 heteroatoms. The molecule has 0 atom stereocenters. The fourth-order valence-electron chi connectivity index (χ4n) is 2.09. The number of aromatic nitrogens is 2. The molecule has 0 amide bonds. The lowest BCUT2D eigenvalue weighted by Crippen LogP contribution is -2.04. The average Bonchev–Trinajstić information content (AvgIpc) is 2.69. The number of nitrogen functional groups attached to an aromatic ring is 1. The molecule has 0 unspecified atom stereocenters. The van der Waals surface area contributed by atoms with Crippen molar-refractivity contribution in [1.82, 2.24) is 9.55 Å². The van der Waals surface area contributed by atoms with Crippen LogP contribution >= 0.6 is 24.0 Å². The summed E-state index contributed by atoms with van der Waals surface area (Å²) in [6.45, 7) is 0.674. The van der Waals surface area contributed by atoms with E-state index in [1.807, 2.05) is 41.0 Å². The number of rotatable bonds is 2. The summed E-state index contributed by atoms with van der Waals surface area (Å²) in [6.07, 6.45) is 0. The summed E-state index contributed by atoms with van der Waals surface area (Å²) in [6, 6.07) is 15.8. The zero-order valence-corrected chi connectivity index (χ0v) is 11.7. The van der Waals surface area contributed by atoms with Gasteiger partial charge >= 0.3 is 0 Å². The molecule has 3 aromatic rings. The van der Waals surface area contributed by atoms with Gasteiger partial charge in [-0.3, -0.25) is 0 Å². The zero-order valence-electron chi connectivity index (χ0n) is 10.1. The van der Waals surface area contributed by atoms with Crippen LogP contribution in [0.25, 0.3) is 11.0 Å². The summed E-state index contributed by atoms with van der Waals surface area (Å²) in [5, 5.41) is 0.674. The fraction of sp³-hybridized carbons (Fsp3) is 0.0714. The second-order valence-electron chi connectivity index (χ2n) is 4.15. The molecule has 3 rings (SSSR count). The minimum atomic E-state index is 0. The van der Waals surface area contributed by atoms with Gasteiger partial charge in [-0.25, -0.2) is 4.98 Å². The molecule has 19 heavy (non-hydrogen) atoms. The van der Waals surface area contributed by atoms with Crippen LogP contribution in [0.1, 0.15) is 5.56 Å². The maximum Gasteiger partial charge on any atom is 0.201 e. The highest BCUT2D eigenvalue weighted by Gasteiger charge is 2.11. The van der Waals surface area contributed by atoms with Crippen molar-refractivity contribution in [3.8, 4) is 0 Å². The molecule has 0 aliphatic heterocycles. The molecule has 0 aliphatic carbocycles. The molecule has 2 aromatic carbocycles. The van der Waals surface area contributed by atoms with Crippen LogP contribution in [0.3, 0.4) is 0 Å². The lowest BCUT2D eigenvalue weighted by atomic mass is 10.2. The SMILES string of the molecule is Cl.Nc1nc2cccc(Cl)c2n1Cc1ccccc1. The Morgan fingerprint density at radius 1 is 1.05 bits per heavy atom. The van der Waals surface area contributed by atoms with E-state index < -0.39 is 0 Å². The van der Waals surface area contributed by atoms with Crippen LogP contribution in [0.15, 0.2) is 48.5 Å². The highest BCUT2D eigenvalue weighted by atomic mass is 35.5. The third kappa shape index (κ3) is 2.53. The molecule has 1 aromatic heterocycles. The van der Waals surface area contributed by atoms with Crippen LogP contribution in [0.4, 0.5) is 5.95 Å². The van der Waals surface area contributed by atoms with Gasteiger partial charge < -0.3 is 10.3 Å². The maximum atomic E-state index is 6.23. The Kier molecular flexibility index (Phi) is 3.98. The number of fused-ring (bicyclic) bond motifs is 1. The number of nitrogens with two attached hydrogens (primary N) is 1. The predicted octanol–water partition coefficient (Wildman–Crippen LogP) is 3.74. The molecule has 98 valence electrons. The van der Waals surface area contributed by atoms with Gasteiger partial charge in [0.1, 0.15) is 0 Å².